The molecule has 0 spiro atoms. The maximum absolute atomic E-state index is 9.21. The van der Waals surface area contributed by atoms with Crippen LogP contribution >= 0.6 is 0 Å². The Morgan fingerprint density at radius 2 is 1.00 bits per heavy atom. The van der Waals surface area contributed by atoms with Gasteiger partial charge in [0.1, 0.15) is 0 Å². The van der Waals surface area contributed by atoms with Gasteiger partial charge in [-0.2, -0.15) is 0 Å². The molecule has 0 atom stereocenters. The number of carboxylic acid groups (broad SMARTS) is 2. The number of hydrogen-bond acceptors (Lipinski definition) is 3. The second kappa shape index (κ2) is 9.47. The molecule has 0 heterocycles. The molecule has 0 unspecified atom stereocenters. The minimum atomic E-state index is -1.81. The van der Waals surface area contributed by atoms with Crippen LogP contribution in [0, 0.1) is 0 Å². The highest BCUT2D eigenvalue weighted by molar-refractivity contribution is 5.74. The van der Waals surface area contributed by atoms with Crippen LogP contribution in [0.1, 0.15) is 48.6 Å². The van der Waals surface area contributed by atoms with Crippen molar-refractivity contribution >= 4 is 12.3 Å². The van der Waals surface area contributed by atoms with Gasteiger partial charge >= 0.3 is 12.3 Å². The number of rotatable bonds is 2. The lowest BCUT2D eigenvalue weighted by atomic mass is 9.76. The standard InChI is InChI=1S/C18H20.C2H2O5/c1-3-7-15(8-4-1)17-11-13-18(14-12-17)16-9-5-2-6-10-16;3-1(4)7-2(5)6/h1-10,17-18H,11-14H2;(H,3,4)(H,5,6). The van der Waals surface area contributed by atoms with Crippen molar-refractivity contribution in [1.82, 2.24) is 0 Å². The van der Waals surface area contributed by atoms with E-state index in [9.17, 15) is 9.59 Å². The molecule has 5 heteroatoms. The summed E-state index contributed by atoms with van der Waals surface area (Å²) in [6.45, 7) is 0. The first kappa shape index (κ1) is 18.5. The number of ether oxygens (including phenoxy) is 1. The Balaban J connectivity index is 0.000000277. The molecule has 1 saturated carbocycles. The molecule has 3 rings (SSSR count). The first-order valence-electron chi connectivity index (χ1n) is 8.30. The minimum absolute atomic E-state index is 0.783. The molecule has 0 bridgehead atoms. The normalized spacial score (nSPS) is 19.2. The predicted molar refractivity (Wildman–Crippen MR) is 94.0 cm³/mol. The van der Waals surface area contributed by atoms with Crippen molar-refractivity contribution in [3.63, 3.8) is 0 Å². The third kappa shape index (κ3) is 6.30. The van der Waals surface area contributed by atoms with Crippen LogP contribution in [0.5, 0.6) is 0 Å². The van der Waals surface area contributed by atoms with E-state index < -0.39 is 12.3 Å². The van der Waals surface area contributed by atoms with Crippen LogP contribution in [0.3, 0.4) is 0 Å². The molecule has 0 aromatic heterocycles. The molecule has 2 aromatic rings. The number of carbonyl (C=O) groups is 2. The summed E-state index contributed by atoms with van der Waals surface area (Å²) in [6.07, 6.45) is 1.72. The van der Waals surface area contributed by atoms with E-state index in [-0.39, 0.29) is 0 Å². The Labute approximate surface area is 146 Å². The average Bonchev–Trinajstić information content (AvgIpc) is 2.63. The van der Waals surface area contributed by atoms with Crippen LogP contribution in [0.4, 0.5) is 9.59 Å². The summed E-state index contributed by atoms with van der Waals surface area (Å²) in [4.78, 5) is 18.4. The minimum Gasteiger partial charge on any atom is -0.449 e. The Morgan fingerprint density at radius 1 is 0.680 bits per heavy atom. The van der Waals surface area contributed by atoms with Gasteiger partial charge in [0.15, 0.2) is 0 Å². The summed E-state index contributed by atoms with van der Waals surface area (Å²) in [6, 6.07) is 22.0. The molecule has 1 aliphatic rings. The zero-order chi connectivity index (χ0) is 18.1. The summed E-state index contributed by atoms with van der Waals surface area (Å²) in [7, 11) is 0. The van der Waals surface area contributed by atoms with Gasteiger partial charge < -0.3 is 14.9 Å². The largest absolute Gasteiger partial charge is 0.516 e. The third-order valence-electron chi connectivity index (χ3n) is 4.44. The molecule has 0 radical (unpaired) electrons. The van der Waals surface area contributed by atoms with Crippen molar-refractivity contribution in [3.05, 3.63) is 71.8 Å². The van der Waals surface area contributed by atoms with Crippen molar-refractivity contribution in [2.45, 2.75) is 37.5 Å². The van der Waals surface area contributed by atoms with Gasteiger partial charge in [0.2, 0.25) is 0 Å². The summed E-state index contributed by atoms with van der Waals surface area (Å²) in [5.41, 5.74) is 3.06. The number of hydrogen-bond donors (Lipinski definition) is 2. The molecule has 5 nitrogen and oxygen atoms in total. The molecule has 2 N–H and O–H groups in total. The van der Waals surface area contributed by atoms with E-state index in [1.54, 1.807) is 0 Å². The highest BCUT2D eigenvalue weighted by atomic mass is 16.7. The van der Waals surface area contributed by atoms with E-state index >= 15 is 0 Å². The lowest BCUT2D eigenvalue weighted by Crippen LogP contribution is -2.11. The summed E-state index contributed by atoms with van der Waals surface area (Å²) in [5, 5.41) is 15.0. The van der Waals surface area contributed by atoms with Gasteiger partial charge in [0.25, 0.3) is 0 Å². The summed E-state index contributed by atoms with van der Waals surface area (Å²) in [5.74, 6) is 1.57. The summed E-state index contributed by atoms with van der Waals surface area (Å²) < 4.78 is 3.08. The van der Waals surface area contributed by atoms with Gasteiger partial charge in [-0.05, 0) is 48.6 Å². The lowest BCUT2D eigenvalue weighted by Gasteiger charge is -2.29. The Bertz CT molecular complexity index is 602. The fraction of sp³-hybridized carbons (Fsp3) is 0.300. The molecule has 1 fully saturated rings. The van der Waals surface area contributed by atoms with Crippen LogP contribution in [-0.4, -0.2) is 22.5 Å². The van der Waals surface area contributed by atoms with E-state index in [1.165, 1.54) is 36.8 Å². The van der Waals surface area contributed by atoms with Crippen LogP contribution in [0.2, 0.25) is 0 Å². The highest BCUT2D eigenvalue weighted by Crippen LogP contribution is 2.40. The third-order valence-corrected chi connectivity index (χ3v) is 4.44. The Morgan fingerprint density at radius 3 is 1.24 bits per heavy atom. The number of benzene rings is 2. The zero-order valence-electron chi connectivity index (χ0n) is 13.9. The van der Waals surface area contributed by atoms with Gasteiger partial charge in [-0.15, -0.1) is 0 Å². The Kier molecular flexibility index (Phi) is 7.01. The van der Waals surface area contributed by atoms with Crippen LogP contribution < -0.4 is 0 Å². The first-order chi connectivity index (χ1) is 12.1. The van der Waals surface area contributed by atoms with E-state index in [1.807, 2.05) is 0 Å². The van der Waals surface area contributed by atoms with Crippen molar-refractivity contribution < 1.29 is 24.5 Å². The molecule has 0 amide bonds. The molecular weight excluding hydrogens is 320 g/mol. The van der Waals surface area contributed by atoms with E-state index in [0.29, 0.717) is 0 Å². The van der Waals surface area contributed by atoms with Crippen molar-refractivity contribution in [2.75, 3.05) is 0 Å². The fourth-order valence-corrected chi connectivity index (χ4v) is 3.29. The van der Waals surface area contributed by atoms with E-state index in [0.717, 1.165) is 11.8 Å². The average molecular weight is 342 g/mol. The molecule has 0 saturated heterocycles. The van der Waals surface area contributed by atoms with Gasteiger partial charge in [0.05, 0.1) is 0 Å². The second-order valence-corrected chi connectivity index (χ2v) is 6.00. The molecule has 0 aliphatic heterocycles. The molecule has 2 aromatic carbocycles. The van der Waals surface area contributed by atoms with Crippen LogP contribution in [0.15, 0.2) is 60.7 Å². The van der Waals surface area contributed by atoms with Crippen LogP contribution in [-0.2, 0) is 4.74 Å². The van der Waals surface area contributed by atoms with Crippen molar-refractivity contribution in [3.8, 4) is 0 Å². The van der Waals surface area contributed by atoms with Crippen molar-refractivity contribution in [2.24, 2.45) is 0 Å². The van der Waals surface area contributed by atoms with Gasteiger partial charge in [-0.1, -0.05) is 60.7 Å². The quantitative estimate of drug-likeness (QED) is 0.557. The monoisotopic (exact) mass is 342 g/mol. The predicted octanol–water partition coefficient (Wildman–Crippen LogP) is 5.49. The summed E-state index contributed by atoms with van der Waals surface area (Å²) >= 11 is 0. The first-order valence-corrected chi connectivity index (χ1v) is 8.30. The molecule has 132 valence electrons. The van der Waals surface area contributed by atoms with Crippen molar-refractivity contribution in [1.29, 1.82) is 0 Å². The topological polar surface area (TPSA) is 83.8 Å². The van der Waals surface area contributed by atoms with Gasteiger partial charge in [-0.25, -0.2) is 9.59 Å². The van der Waals surface area contributed by atoms with E-state index in [4.69, 9.17) is 10.2 Å². The Hall–Kier alpha value is -2.82. The SMILES string of the molecule is O=C(O)OC(=O)O.c1ccc(C2CCC(c3ccccc3)CC2)cc1. The highest BCUT2D eigenvalue weighted by Gasteiger charge is 2.22. The maximum Gasteiger partial charge on any atom is 0.516 e. The van der Waals surface area contributed by atoms with Gasteiger partial charge in [-0.3, -0.25) is 0 Å². The molecular formula is C20H22O5. The van der Waals surface area contributed by atoms with E-state index in [2.05, 4.69) is 65.4 Å². The smallest absolute Gasteiger partial charge is 0.449 e. The second-order valence-electron chi connectivity index (χ2n) is 6.00. The zero-order valence-corrected chi connectivity index (χ0v) is 13.9. The molecule has 1 aliphatic carbocycles. The lowest BCUT2D eigenvalue weighted by molar-refractivity contribution is 0.0802. The van der Waals surface area contributed by atoms with Gasteiger partial charge in [0, 0.05) is 0 Å². The van der Waals surface area contributed by atoms with Crippen LogP contribution in [0.25, 0.3) is 0 Å². The fourth-order valence-electron chi connectivity index (χ4n) is 3.29. The molecule has 25 heavy (non-hydrogen) atoms. The maximum atomic E-state index is 9.21.